The van der Waals surface area contributed by atoms with Gasteiger partial charge in [-0.2, -0.15) is 0 Å². The van der Waals surface area contributed by atoms with Gasteiger partial charge >= 0.3 is 0 Å². The van der Waals surface area contributed by atoms with Crippen LogP contribution in [0, 0.1) is 0 Å². The predicted octanol–water partition coefficient (Wildman–Crippen LogP) is 11.0. The molecule has 8 rings (SSSR count). The molecule has 1 heterocycles. The Hall–Kier alpha value is -4.40. The summed E-state index contributed by atoms with van der Waals surface area (Å²) in [6, 6.07) is 46.8. The van der Waals surface area contributed by atoms with E-state index in [-0.39, 0.29) is 5.41 Å². The van der Waals surface area contributed by atoms with E-state index < -0.39 is 0 Å². The topological polar surface area (TPSA) is 3.24 Å². The van der Waals surface area contributed by atoms with Gasteiger partial charge in [0.15, 0.2) is 0 Å². The molecule has 0 aliphatic heterocycles. The second-order valence-electron chi connectivity index (χ2n) is 11.0. The van der Waals surface area contributed by atoms with E-state index in [4.69, 9.17) is 0 Å². The average Bonchev–Trinajstić information content (AvgIpc) is 3.47. The summed E-state index contributed by atoms with van der Waals surface area (Å²) in [6.07, 6.45) is 0. The zero-order valence-corrected chi connectivity index (χ0v) is 22.8. The van der Waals surface area contributed by atoms with Gasteiger partial charge in [-0.05, 0) is 58.7 Å². The molecule has 39 heavy (non-hydrogen) atoms. The Bertz CT molecular complexity index is 2050. The van der Waals surface area contributed by atoms with E-state index >= 15 is 0 Å². The van der Waals surface area contributed by atoms with Crippen LogP contribution < -0.4 is 4.90 Å². The molecule has 0 atom stereocenters. The summed E-state index contributed by atoms with van der Waals surface area (Å²) in [4.78, 5) is 2.43. The first-order chi connectivity index (χ1) is 19.1. The van der Waals surface area contributed by atoms with Crippen molar-refractivity contribution >= 4 is 59.3 Å². The summed E-state index contributed by atoms with van der Waals surface area (Å²) in [5, 5.41) is 5.25. The first-order valence-corrected chi connectivity index (χ1v) is 14.4. The highest BCUT2D eigenvalue weighted by atomic mass is 32.1. The third kappa shape index (κ3) is 3.25. The monoisotopic (exact) mass is 517 g/mol. The number of thiophene rings is 1. The number of anilines is 3. The van der Waals surface area contributed by atoms with Crippen molar-refractivity contribution in [3.05, 3.63) is 139 Å². The van der Waals surface area contributed by atoms with Crippen molar-refractivity contribution in [1.29, 1.82) is 0 Å². The minimum absolute atomic E-state index is 0.0493. The molecule has 0 bridgehead atoms. The second kappa shape index (κ2) is 8.30. The van der Waals surface area contributed by atoms with Crippen LogP contribution in [0.3, 0.4) is 0 Å². The Morgan fingerprint density at radius 2 is 1.21 bits per heavy atom. The van der Waals surface area contributed by atoms with Crippen LogP contribution in [-0.2, 0) is 5.41 Å². The summed E-state index contributed by atoms with van der Waals surface area (Å²) < 4.78 is 2.69. The molecule has 0 spiro atoms. The Morgan fingerprint density at radius 3 is 2.10 bits per heavy atom. The Balaban J connectivity index is 1.38. The van der Waals surface area contributed by atoms with Gasteiger partial charge in [-0.3, -0.25) is 0 Å². The van der Waals surface area contributed by atoms with Crippen LogP contribution in [0.2, 0.25) is 0 Å². The van der Waals surface area contributed by atoms with Gasteiger partial charge in [-0.25, -0.2) is 0 Å². The normalized spacial score (nSPS) is 13.6. The first-order valence-electron chi connectivity index (χ1n) is 13.5. The van der Waals surface area contributed by atoms with Crippen molar-refractivity contribution < 1.29 is 0 Å². The second-order valence-corrected chi connectivity index (χ2v) is 12.0. The lowest BCUT2D eigenvalue weighted by molar-refractivity contribution is 0.660. The standard InChI is InChI=1S/C37H27NS/c1-37(2)32-16-8-6-13-26(32)27-20-19-25(23-33(27)37)38(24-11-4-3-5-12-24)34-17-10-15-30-28(34)21-22-31-29-14-7-9-18-35(29)39-36(30)31/h3-23H,1-2H3. The number of rotatable bonds is 3. The number of hydrogen-bond donors (Lipinski definition) is 0. The van der Waals surface area contributed by atoms with Gasteiger partial charge in [0.05, 0.1) is 5.69 Å². The molecule has 0 saturated carbocycles. The van der Waals surface area contributed by atoms with E-state index in [0.29, 0.717) is 0 Å². The van der Waals surface area contributed by atoms with Gasteiger partial charge in [0, 0.05) is 47.7 Å². The lowest BCUT2D eigenvalue weighted by Gasteiger charge is -2.29. The minimum atomic E-state index is -0.0493. The van der Waals surface area contributed by atoms with Gasteiger partial charge < -0.3 is 4.90 Å². The van der Waals surface area contributed by atoms with Gasteiger partial charge in [0.2, 0.25) is 0 Å². The number of benzene rings is 6. The quantitative estimate of drug-likeness (QED) is 0.225. The predicted molar refractivity (Wildman–Crippen MR) is 169 cm³/mol. The molecule has 1 nitrogen and oxygen atoms in total. The summed E-state index contributed by atoms with van der Waals surface area (Å²) >= 11 is 1.89. The van der Waals surface area contributed by atoms with Gasteiger partial charge in [-0.1, -0.05) is 105 Å². The van der Waals surface area contributed by atoms with Gasteiger partial charge in [-0.15, -0.1) is 11.3 Å². The third-order valence-corrected chi connectivity index (χ3v) is 9.68. The van der Waals surface area contributed by atoms with E-state index in [0.717, 1.165) is 5.69 Å². The zero-order valence-electron chi connectivity index (χ0n) is 22.0. The maximum atomic E-state index is 2.43. The molecule has 1 aliphatic rings. The number of fused-ring (bicyclic) bond motifs is 8. The van der Waals surface area contributed by atoms with Crippen molar-refractivity contribution in [1.82, 2.24) is 0 Å². The van der Waals surface area contributed by atoms with Crippen LogP contribution in [0.4, 0.5) is 17.1 Å². The van der Waals surface area contributed by atoms with E-state index in [9.17, 15) is 0 Å². The largest absolute Gasteiger partial charge is 0.310 e. The van der Waals surface area contributed by atoms with E-state index in [1.54, 1.807) is 0 Å². The van der Waals surface area contributed by atoms with Crippen molar-refractivity contribution in [2.45, 2.75) is 19.3 Å². The van der Waals surface area contributed by atoms with Crippen LogP contribution in [0.15, 0.2) is 127 Å². The molecule has 0 saturated heterocycles. The fourth-order valence-electron chi connectivity index (χ4n) is 6.55. The van der Waals surface area contributed by atoms with E-state index in [1.807, 2.05) is 11.3 Å². The molecule has 2 heteroatoms. The first kappa shape index (κ1) is 22.6. The summed E-state index contributed by atoms with van der Waals surface area (Å²) in [7, 11) is 0. The van der Waals surface area contributed by atoms with E-state index in [1.165, 1.54) is 64.6 Å². The average molecular weight is 518 g/mol. The van der Waals surface area contributed by atoms with Crippen LogP contribution in [-0.4, -0.2) is 0 Å². The smallest absolute Gasteiger partial charge is 0.0540 e. The van der Waals surface area contributed by atoms with Gasteiger partial charge in [0.1, 0.15) is 0 Å². The lowest BCUT2D eigenvalue weighted by atomic mass is 9.82. The third-order valence-electron chi connectivity index (χ3n) is 8.46. The fourth-order valence-corrected chi connectivity index (χ4v) is 7.78. The lowest BCUT2D eigenvalue weighted by Crippen LogP contribution is -2.16. The van der Waals surface area contributed by atoms with Crippen LogP contribution >= 0.6 is 11.3 Å². The molecule has 0 fully saturated rings. The molecule has 186 valence electrons. The van der Waals surface area contributed by atoms with Crippen LogP contribution in [0.25, 0.3) is 42.1 Å². The van der Waals surface area contributed by atoms with Gasteiger partial charge in [0.25, 0.3) is 0 Å². The van der Waals surface area contributed by atoms with Crippen molar-refractivity contribution in [3.63, 3.8) is 0 Å². The summed E-state index contributed by atoms with van der Waals surface area (Å²) in [5.41, 5.74) is 8.98. The summed E-state index contributed by atoms with van der Waals surface area (Å²) in [5.74, 6) is 0. The Labute approximate surface area is 232 Å². The van der Waals surface area contributed by atoms with Crippen molar-refractivity contribution in [2.24, 2.45) is 0 Å². The SMILES string of the molecule is CC1(C)c2ccccc2-c2ccc(N(c3ccccc3)c3cccc4c3ccc3c5ccccc5sc43)cc21. The fraction of sp³-hybridized carbons (Fsp3) is 0.0811. The molecule has 1 aromatic heterocycles. The molecule has 6 aromatic carbocycles. The molecule has 0 amide bonds. The molecule has 1 aliphatic carbocycles. The maximum absolute atomic E-state index is 2.43. The highest BCUT2D eigenvalue weighted by molar-refractivity contribution is 7.26. The van der Waals surface area contributed by atoms with Crippen molar-refractivity contribution in [2.75, 3.05) is 4.90 Å². The molecule has 7 aromatic rings. The number of para-hydroxylation sites is 1. The highest BCUT2D eigenvalue weighted by Gasteiger charge is 2.35. The van der Waals surface area contributed by atoms with Crippen molar-refractivity contribution in [3.8, 4) is 11.1 Å². The Kier molecular flexibility index (Phi) is 4.80. The minimum Gasteiger partial charge on any atom is -0.310 e. The number of nitrogens with zero attached hydrogens (tertiary/aromatic N) is 1. The molecular weight excluding hydrogens is 490 g/mol. The molecular formula is C37H27NS. The van der Waals surface area contributed by atoms with E-state index in [2.05, 4.69) is 146 Å². The highest BCUT2D eigenvalue weighted by Crippen LogP contribution is 2.51. The molecule has 0 radical (unpaired) electrons. The molecule has 0 unspecified atom stereocenters. The van der Waals surface area contributed by atoms with Crippen LogP contribution in [0.5, 0.6) is 0 Å². The Morgan fingerprint density at radius 1 is 0.513 bits per heavy atom. The summed E-state index contributed by atoms with van der Waals surface area (Å²) in [6.45, 7) is 4.70. The van der Waals surface area contributed by atoms with Crippen LogP contribution in [0.1, 0.15) is 25.0 Å². The number of hydrogen-bond acceptors (Lipinski definition) is 2. The maximum Gasteiger partial charge on any atom is 0.0540 e. The molecule has 0 N–H and O–H groups in total. The zero-order chi connectivity index (χ0) is 26.1.